The molecule has 2 aliphatic heterocycles. The van der Waals surface area contributed by atoms with Crippen LogP contribution in [0.5, 0.6) is 0 Å². The molecular weight excluding hydrogens is 238 g/mol. The number of hydrogen-bond donors (Lipinski definition) is 0. The number of nitrogens with zero attached hydrogens (tertiary/aromatic N) is 5. The predicted octanol–water partition coefficient (Wildman–Crippen LogP) is 1.57. The van der Waals surface area contributed by atoms with Crippen molar-refractivity contribution in [2.45, 2.75) is 45.2 Å². The van der Waals surface area contributed by atoms with E-state index in [0.717, 1.165) is 24.7 Å². The van der Waals surface area contributed by atoms with Gasteiger partial charge in [-0.25, -0.2) is 9.67 Å². The van der Waals surface area contributed by atoms with Crippen LogP contribution >= 0.6 is 0 Å². The number of hydrogen-bond acceptors (Lipinski definition) is 4. The van der Waals surface area contributed by atoms with Gasteiger partial charge in [0, 0.05) is 25.7 Å². The summed E-state index contributed by atoms with van der Waals surface area (Å²) in [6, 6.07) is 0.628. The maximum atomic E-state index is 4.37. The Hall–Kier alpha value is -1.36. The fourth-order valence-electron chi connectivity index (χ4n) is 3.29. The van der Waals surface area contributed by atoms with E-state index < -0.39 is 0 Å². The third-order valence-electron chi connectivity index (χ3n) is 4.65. The minimum absolute atomic E-state index is 0.293. The lowest BCUT2D eigenvalue weighted by Gasteiger charge is -2.52. The summed E-state index contributed by atoms with van der Waals surface area (Å²) in [6.45, 7) is 14.1. The Morgan fingerprint density at radius 2 is 2.11 bits per heavy atom. The zero-order valence-corrected chi connectivity index (χ0v) is 12.1. The Kier molecular flexibility index (Phi) is 2.89. The molecule has 0 radical (unpaired) electrons. The van der Waals surface area contributed by atoms with E-state index in [1.165, 1.54) is 19.4 Å². The summed E-state index contributed by atoms with van der Waals surface area (Å²) in [5.41, 5.74) is 0.293. The average molecular weight is 261 g/mol. The largest absolute Gasteiger partial charge is 0.350 e. The van der Waals surface area contributed by atoms with Crippen LogP contribution in [0.3, 0.4) is 0 Å². The third kappa shape index (κ3) is 1.96. The van der Waals surface area contributed by atoms with Crippen molar-refractivity contribution in [2.75, 3.05) is 19.6 Å². The van der Waals surface area contributed by atoms with Gasteiger partial charge in [-0.2, -0.15) is 5.10 Å². The minimum Gasteiger partial charge on any atom is -0.350 e. The molecule has 0 N–H and O–H groups in total. The number of aromatic nitrogens is 3. The average Bonchev–Trinajstić information content (AvgIpc) is 2.94. The lowest BCUT2D eigenvalue weighted by atomic mass is 9.84. The zero-order valence-electron chi connectivity index (χ0n) is 12.1. The maximum absolute atomic E-state index is 4.37. The molecule has 1 aromatic heterocycles. The van der Waals surface area contributed by atoms with Gasteiger partial charge in [0.05, 0.1) is 5.54 Å². The molecule has 1 spiro atoms. The van der Waals surface area contributed by atoms with Crippen molar-refractivity contribution in [1.82, 2.24) is 24.6 Å². The summed E-state index contributed by atoms with van der Waals surface area (Å²) >= 11 is 0. The molecule has 1 atom stereocenters. The molecule has 0 amide bonds. The van der Waals surface area contributed by atoms with Crippen molar-refractivity contribution in [2.24, 2.45) is 0 Å². The summed E-state index contributed by atoms with van der Waals surface area (Å²) in [5, 5.41) is 4.37. The first-order valence-electron chi connectivity index (χ1n) is 7.11. The van der Waals surface area contributed by atoms with E-state index in [4.69, 9.17) is 0 Å². The molecule has 1 aromatic rings. The number of aryl methyl sites for hydroxylation is 1. The lowest BCUT2D eigenvalue weighted by Crippen LogP contribution is -2.60. The van der Waals surface area contributed by atoms with Gasteiger partial charge in [0.1, 0.15) is 18.0 Å². The fraction of sp³-hybridized carbons (Fsp3) is 0.714. The molecule has 1 unspecified atom stereocenters. The minimum atomic E-state index is 0.293. The van der Waals surface area contributed by atoms with Crippen LogP contribution in [-0.4, -0.2) is 55.8 Å². The molecule has 2 fully saturated rings. The molecule has 5 nitrogen and oxygen atoms in total. The van der Waals surface area contributed by atoms with E-state index in [2.05, 4.69) is 40.3 Å². The smallest absolute Gasteiger partial charge is 0.148 e. The van der Waals surface area contributed by atoms with Gasteiger partial charge in [-0.3, -0.25) is 4.90 Å². The second kappa shape index (κ2) is 4.34. The molecule has 19 heavy (non-hydrogen) atoms. The molecule has 104 valence electrons. The zero-order chi connectivity index (χ0) is 13.6. The summed E-state index contributed by atoms with van der Waals surface area (Å²) in [6.07, 6.45) is 4.26. The molecule has 0 bridgehead atoms. The van der Waals surface area contributed by atoms with Crippen molar-refractivity contribution in [3.63, 3.8) is 0 Å². The Morgan fingerprint density at radius 3 is 2.58 bits per heavy atom. The Balaban J connectivity index is 1.75. The van der Waals surface area contributed by atoms with Gasteiger partial charge in [-0.1, -0.05) is 6.58 Å². The number of rotatable bonds is 3. The maximum Gasteiger partial charge on any atom is 0.148 e. The fourth-order valence-corrected chi connectivity index (χ4v) is 3.29. The van der Waals surface area contributed by atoms with E-state index in [9.17, 15) is 0 Å². The lowest BCUT2D eigenvalue weighted by molar-refractivity contribution is 0.0432. The monoisotopic (exact) mass is 261 g/mol. The second-order valence-electron chi connectivity index (χ2n) is 6.09. The summed E-state index contributed by atoms with van der Waals surface area (Å²) in [5.74, 6) is 1.77. The van der Waals surface area contributed by atoms with Crippen LogP contribution in [0.4, 0.5) is 0 Å². The molecule has 0 saturated carbocycles. The van der Waals surface area contributed by atoms with Crippen molar-refractivity contribution >= 4 is 5.82 Å². The van der Waals surface area contributed by atoms with E-state index in [1.807, 2.05) is 11.6 Å². The summed E-state index contributed by atoms with van der Waals surface area (Å²) < 4.78 is 1.81. The first-order chi connectivity index (χ1) is 9.02. The van der Waals surface area contributed by atoms with Crippen molar-refractivity contribution in [1.29, 1.82) is 0 Å². The van der Waals surface area contributed by atoms with Crippen LogP contribution in [0.25, 0.3) is 5.82 Å². The van der Waals surface area contributed by atoms with E-state index >= 15 is 0 Å². The van der Waals surface area contributed by atoms with E-state index in [-0.39, 0.29) is 0 Å². The summed E-state index contributed by atoms with van der Waals surface area (Å²) in [4.78, 5) is 9.17. The first kappa shape index (κ1) is 12.7. The quantitative estimate of drug-likeness (QED) is 0.828. The molecule has 3 rings (SSSR count). The SMILES string of the molecule is C=C(N1CCC12CCN(C(C)C)C2)n1cnc(C)n1. The molecule has 0 aromatic carbocycles. The van der Waals surface area contributed by atoms with Crippen LogP contribution in [0.1, 0.15) is 32.5 Å². The highest BCUT2D eigenvalue weighted by atomic mass is 15.5. The van der Waals surface area contributed by atoms with Gasteiger partial charge < -0.3 is 4.90 Å². The molecule has 3 heterocycles. The Bertz CT molecular complexity index is 492. The first-order valence-corrected chi connectivity index (χ1v) is 7.11. The number of likely N-dealkylation sites (tertiary alicyclic amines) is 2. The van der Waals surface area contributed by atoms with Crippen molar-refractivity contribution in [3.05, 3.63) is 18.7 Å². The third-order valence-corrected chi connectivity index (χ3v) is 4.65. The van der Waals surface area contributed by atoms with Gasteiger partial charge in [0.25, 0.3) is 0 Å². The van der Waals surface area contributed by atoms with Crippen molar-refractivity contribution < 1.29 is 0 Å². The van der Waals surface area contributed by atoms with E-state index in [0.29, 0.717) is 11.6 Å². The Morgan fingerprint density at radius 1 is 1.37 bits per heavy atom. The van der Waals surface area contributed by atoms with Crippen LogP contribution in [0, 0.1) is 6.92 Å². The topological polar surface area (TPSA) is 37.2 Å². The van der Waals surface area contributed by atoms with Crippen LogP contribution in [-0.2, 0) is 0 Å². The molecular formula is C14H23N5. The Labute approximate surface area is 114 Å². The molecule has 0 aliphatic carbocycles. The van der Waals surface area contributed by atoms with Gasteiger partial charge in [0.15, 0.2) is 0 Å². The van der Waals surface area contributed by atoms with Gasteiger partial charge in [-0.15, -0.1) is 0 Å². The molecule has 5 heteroatoms. The highest BCUT2D eigenvalue weighted by Gasteiger charge is 2.50. The van der Waals surface area contributed by atoms with Gasteiger partial charge in [0.2, 0.25) is 0 Å². The van der Waals surface area contributed by atoms with Crippen LogP contribution in [0.2, 0.25) is 0 Å². The highest BCUT2D eigenvalue weighted by Crippen LogP contribution is 2.42. The molecule has 2 aliphatic rings. The predicted molar refractivity (Wildman–Crippen MR) is 75.5 cm³/mol. The highest BCUT2D eigenvalue weighted by molar-refractivity contribution is 5.42. The molecule has 2 saturated heterocycles. The van der Waals surface area contributed by atoms with Gasteiger partial charge in [-0.05, 0) is 33.6 Å². The summed E-state index contributed by atoms with van der Waals surface area (Å²) in [7, 11) is 0. The second-order valence-corrected chi connectivity index (χ2v) is 6.09. The normalized spacial score (nSPS) is 27.3. The van der Waals surface area contributed by atoms with Crippen LogP contribution < -0.4 is 0 Å². The standard InChI is InChI=1S/C14H23N5/c1-11(2)17-7-5-14(9-17)6-8-18(14)13(4)19-10-15-12(3)16-19/h10-11H,4-9H2,1-3H3. The van der Waals surface area contributed by atoms with E-state index in [1.54, 1.807) is 6.33 Å². The van der Waals surface area contributed by atoms with Crippen LogP contribution in [0.15, 0.2) is 12.9 Å². The van der Waals surface area contributed by atoms with Crippen molar-refractivity contribution in [3.8, 4) is 0 Å². The van der Waals surface area contributed by atoms with Gasteiger partial charge >= 0.3 is 0 Å².